The first-order valence-corrected chi connectivity index (χ1v) is 6.09. The van der Waals surface area contributed by atoms with Gasteiger partial charge in [-0.25, -0.2) is 0 Å². The molecule has 4 nitrogen and oxygen atoms in total. The van der Waals surface area contributed by atoms with Crippen LogP contribution in [0, 0.1) is 0 Å². The summed E-state index contributed by atoms with van der Waals surface area (Å²) < 4.78 is 0. The lowest BCUT2D eigenvalue weighted by Gasteiger charge is -2.14. The van der Waals surface area contributed by atoms with Crippen LogP contribution in [0.2, 0.25) is 5.02 Å². The molecule has 0 atom stereocenters. The number of likely N-dealkylation sites (N-methyl/N-ethyl adjacent to an activating group) is 1. The fourth-order valence-corrected chi connectivity index (χ4v) is 1.51. The van der Waals surface area contributed by atoms with E-state index < -0.39 is 0 Å². The van der Waals surface area contributed by atoms with Gasteiger partial charge in [-0.3, -0.25) is 9.59 Å². The number of amides is 2. The third kappa shape index (κ3) is 5.19. The molecule has 0 aliphatic heterocycles. The molecule has 18 heavy (non-hydrogen) atoms. The molecule has 0 radical (unpaired) electrons. The molecule has 98 valence electrons. The molecule has 0 aromatic heterocycles. The Bertz CT molecular complexity index is 418. The second kappa shape index (κ2) is 7.01. The number of nitrogens with one attached hydrogen (secondary N) is 1. The summed E-state index contributed by atoms with van der Waals surface area (Å²) in [4.78, 5) is 23.8. The number of halogens is 1. The van der Waals surface area contributed by atoms with Crippen molar-refractivity contribution < 1.29 is 9.59 Å². The molecule has 0 bridgehead atoms. The first kappa shape index (κ1) is 14.5. The van der Waals surface area contributed by atoms with Gasteiger partial charge in [0.15, 0.2) is 0 Å². The highest BCUT2D eigenvalue weighted by Crippen LogP contribution is 2.09. The third-order valence-corrected chi connectivity index (χ3v) is 2.82. The largest absolute Gasteiger partial charge is 0.354 e. The minimum atomic E-state index is -0.151. The number of rotatable bonds is 5. The maximum atomic E-state index is 11.5. The van der Waals surface area contributed by atoms with Gasteiger partial charge >= 0.3 is 0 Å². The number of hydrogen-bond acceptors (Lipinski definition) is 2. The van der Waals surface area contributed by atoms with Gasteiger partial charge in [0.2, 0.25) is 11.8 Å². The van der Waals surface area contributed by atoms with Gasteiger partial charge in [-0.15, -0.1) is 0 Å². The van der Waals surface area contributed by atoms with Crippen LogP contribution in [0.4, 0.5) is 0 Å². The minimum Gasteiger partial charge on any atom is -0.354 e. The van der Waals surface area contributed by atoms with E-state index in [1.807, 2.05) is 24.3 Å². The highest BCUT2D eigenvalue weighted by Gasteiger charge is 2.07. The number of hydrogen-bond donors (Lipinski definition) is 1. The highest BCUT2D eigenvalue weighted by molar-refractivity contribution is 6.30. The molecular weight excluding hydrogens is 252 g/mol. The van der Waals surface area contributed by atoms with Crippen molar-refractivity contribution in [3.05, 3.63) is 34.9 Å². The first-order chi connectivity index (χ1) is 8.49. The van der Waals surface area contributed by atoms with Gasteiger partial charge in [0.25, 0.3) is 0 Å². The standard InChI is InChI=1S/C13H17ClN2O2/c1-10(17)16(2)9-13(18)15-8-7-11-3-5-12(14)6-4-11/h3-6H,7-9H2,1-2H3,(H,15,18). The van der Waals surface area contributed by atoms with Crippen LogP contribution >= 0.6 is 11.6 Å². The van der Waals surface area contributed by atoms with Crippen LogP contribution in [-0.2, 0) is 16.0 Å². The fraction of sp³-hybridized carbons (Fsp3) is 0.385. The van der Waals surface area contributed by atoms with E-state index in [1.165, 1.54) is 11.8 Å². The van der Waals surface area contributed by atoms with Crippen molar-refractivity contribution in [3.63, 3.8) is 0 Å². The monoisotopic (exact) mass is 268 g/mol. The van der Waals surface area contributed by atoms with Crippen molar-refractivity contribution in [1.82, 2.24) is 10.2 Å². The van der Waals surface area contributed by atoms with E-state index in [9.17, 15) is 9.59 Å². The number of carbonyl (C=O) groups excluding carboxylic acids is 2. The van der Waals surface area contributed by atoms with E-state index in [4.69, 9.17) is 11.6 Å². The SMILES string of the molecule is CC(=O)N(C)CC(=O)NCCc1ccc(Cl)cc1. The van der Waals surface area contributed by atoms with Gasteiger partial charge in [0, 0.05) is 25.5 Å². The maximum Gasteiger partial charge on any atom is 0.239 e. The summed E-state index contributed by atoms with van der Waals surface area (Å²) in [6.45, 7) is 2.07. The molecule has 0 aliphatic rings. The van der Waals surface area contributed by atoms with Crippen LogP contribution in [0.1, 0.15) is 12.5 Å². The average molecular weight is 269 g/mol. The molecule has 1 N–H and O–H groups in total. The second-order valence-corrected chi connectivity index (χ2v) is 4.54. The molecule has 0 fully saturated rings. The van der Waals surface area contributed by atoms with Gasteiger partial charge < -0.3 is 10.2 Å². The predicted molar refractivity (Wildman–Crippen MR) is 71.5 cm³/mol. The molecule has 0 unspecified atom stereocenters. The van der Waals surface area contributed by atoms with E-state index in [0.717, 1.165) is 12.0 Å². The van der Waals surface area contributed by atoms with Gasteiger partial charge in [0.05, 0.1) is 6.54 Å². The Kier molecular flexibility index (Phi) is 5.65. The van der Waals surface area contributed by atoms with E-state index in [-0.39, 0.29) is 18.4 Å². The van der Waals surface area contributed by atoms with Gasteiger partial charge in [-0.1, -0.05) is 23.7 Å². The van der Waals surface area contributed by atoms with Crippen molar-refractivity contribution in [2.45, 2.75) is 13.3 Å². The number of carbonyl (C=O) groups is 2. The lowest BCUT2D eigenvalue weighted by molar-refractivity contribution is -0.133. The van der Waals surface area contributed by atoms with Crippen LogP contribution in [0.25, 0.3) is 0 Å². The average Bonchev–Trinajstić information content (AvgIpc) is 2.31. The molecule has 2 amide bonds. The Morgan fingerprint density at radius 2 is 1.89 bits per heavy atom. The lowest BCUT2D eigenvalue weighted by atomic mass is 10.1. The van der Waals surface area contributed by atoms with Crippen molar-refractivity contribution >= 4 is 23.4 Å². The summed E-state index contributed by atoms with van der Waals surface area (Å²) in [6, 6.07) is 7.50. The smallest absolute Gasteiger partial charge is 0.239 e. The summed E-state index contributed by atoms with van der Waals surface area (Å²) >= 11 is 5.78. The van der Waals surface area contributed by atoms with Crippen molar-refractivity contribution in [2.75, 3.05) is 20.1 Å². The quantitative estimate of drug-likeness (QED) is 0.879. The predicted octanol–water partition coefficient (Wildman–Crippen LogP) is 1.48. The maximum absolute atomic E-state index is 11.5. The minimum absolute atomic E-state index is 0.0932. The van der Waals surface area contributed by atoms with Crippen LogP contribution in [0.3, 0.4) is 0 Å². The Morgan fingerprint density at radius 3 is 2.44 bits per heavy atom. The van der Waals surface area contributed by atoms with Crippen LogP contribution in [0.5, 0.6) is 0 Å². The second-order valence-electron chi connectivity index (χ2n) is 4.10. The first-order valence-electron chi connectivity index (χ1n) is 5.72. The molecule has 0 aliphatic carbocycles. The van der Waals surface area contributed by atoms with Crippen LogP contribution in [-0.4, -0.2) is 36.9 Å². The zero-order chi connectivity index (χ0) is 13.5. The summed E-state index contributed by atoms with van der Waals surface area (Å²) in [5.41, 5.74) is 1.11. The van der Waals surface area contributed by atoms with E-state index in [1.54, 1.807) is 7.05 Å². The zero-order valence-electron chi connectivity index (χ0n) is 10.6. The number of nitrogens with zero attached hydrogens (tertiary/aromatic N) is 1. The van der Waals surface area contributed by atoms with Crippen LogP contribution in [0.15, 0.2) is 24.3 Å². The Balaban J connectivity index is 2.27. The number of benzene rings is 1. The zero-order valence-corrected chi connectivity index (χ0v) is 11.3. The Hall–Kier alpha value is -1.55. The van der Waals surface area contributed by atoms with Crippen molar-refractivity contribution in [3.8, 4) is 0 Å². The van der Waals surface area contributed by atoms with Crippen molar-refractivity contribution in [2.24, 2.45) is 0 Å². The molecule has 0 heterocycles. The molecule has 0 saturated carbocycles. The van der Waals surface area contributed by atoms with E-state index in [2.05, 4.69) is 5.32 Å². The van der Waals surface area contributed by atoms with Gasteiger partial charge in [-0.05, 0) is 24.1 Å². The Labute approximate surface area is 112 Å². The Morgan fingerprint density at radius 1 is 1.28 bits per heavy atom. The topological polar surface area (TPSA) is 49.4 Å². The van der Waals surface area contributed by atoms with Crippen molar-refractivity contribution in [1.29, 1.82) is 0 Å². The van der Waals surface area contributed by atoms with Crippen LogP contribution < -0.4 is 5.32 Å². The molecule has 5 heteroatoms. The fourth-order valence-electron chi connectivity index (χ4n) is 1.38. The summed E-state index contributed by atoms with van der Waals surface area (Å²) in [5.74, 6) is -0.274. The molecule has 0 saturated heterocycles. The normalized spacial score (nSPS) is 9.94. The van der Waals surface area contributed by atoms with Gasteiger partial charge in [-0.2, -0.15) is 0 Å². The van der Waals surface area contributed by atoms with E-state index in [0.29, 0.717) is 11.6 Å². The van der Waals surface area contributed by atoms with E-state index >= 15 is 0 Å². The molecule has 1 aromatic rings. The lowest BCUT2D eigenvalue weighted by Crippen LogP contribution is -2.38. The molecule has 0 spiro atoms. The highest BCUT2D eigenvalue weighted by atomic mass is 35.5. The van der Waals surface area contributed by atoms with Gasteiger partial charge in [0.1, 0.15) is 0 Å². The summed E-state index contributed by atoms with van der Waals surface area (Å²) in [7, 11) is 1.60. The molecule has 1 aromatic carbocycles. The molecule has 1 rings (SSSR count). The summed E-state index contributed by atoms with van der Waals surface area (Å²) in [5, 5.41) is 3.47. The third-order valence-electron chi connectivity index (χ3n) is 2.57. The summed E-state index contributed by atoms with van der Waals surface area (Å²) in [6.07, 6.45) is 0.743. The molecular formula is C13H17ClN2O2.